The van der Waals surface area contributed by atoms with Gasteiger partial charge >= 0.3 is 0 Å². The van der Waals surface area contributed by atoms with Gasteiger partial charge in [-0.1, -0.05) is 30.3 Å². The average molecular weight is 325 g/mol. The van der Waals surface area contributed by atoms with Crippen molar-refractivity contribution in [2.24, 2.45) is 0 Å². The molecule has 24 heavy (non-hydrogen) atoms. The first-order valence-electron chi connectivity index (χ1n) is 8.43. The fraction of sp³-hybridized carbons (Fsp3) is 0.368. The first-order chi connectivity index (χ1) is 11.7. The highest BCUT2D eigenvalue weighted by Crippen LogP contribution is 2.14. The number of aromatic nitrogens is 1. The van der Waals surface area contributed by atoms with Gasteiger partial charge in [0.05, 0.1) is 0 Å². The lowest BCUT2D eigenvalue weighted by molar-refractivity contribution is 0.0937. The van der Waals surface area contributed by atoms with Crippen molar-refractivity contribution < 1.29 is 4.79 Å². The van der Waals surface area contributed by atoms with Gasteiger partial charge in [0.15, 0.2) is 0 Å². The van der Waals surface area contributed by atoms with E-state index in [-0.39, 0.29) is 17.5 Å². The number of hydrogen-bond donors (Lipinski definition) is 1. The van der Waals surface area contributed by atoms with E-state index in [1.54, 1.807) is 16.8 Å². The van der Waals surface area contributed by atoms with Crippen LogP contribution in [0.2, 0.25) is 0 Å². The molecule has 0 saturated carbocycles. The number of carbonyl (C=O) groups is 1. The number of hydrogen-bond acceptors (Lipinski definition) is 3. The SMILES string of the molecule is CCn1ccc(C(=O)N[C@H]2CCN(Cc3ccccc3)C2)cc1=O. The lowest BCUT2D eigenvalue weighted by Gasteiger charge is -2.17. The Kier molecular flexibility index (Phi) is 5.11. The average Bonchev–Trinajstić information content (AvgIpc) is 3.02. The minimum absolute atomic E-state index is 0.134. The summed E-state index contributed by atoms with van der Waals surface area (Å²) in [6, 6.07) is 13.6. The van der Waals surface area contributed by atoms with Crippen LogP contribution in [0.5, 0.6) is 0 Å². The summed E-state index contributed by atoms with van der Waals surface area (Å²) in [5, 5.41) is 3.05. The Bertz CT molecular complexity index is 755. The molecule has 1 saturated heterocycles. The number of carbonyl (C=O) groups excluding carboxylic acids is 1. The van der Waals surface area contributed by atoms with Gasteiger partial charge in [-0.25, -0.2) is 0 Å². The molecule has 2 aromatic rings. The molecule has 5 heteroatoms. The molecule has 0 aliphatic carbocycles. The summed E-state index contributed by atoms with van der Waals surface area (Å²) in [6.45, 7) is 5.22. The van der Waals surface area contributed by atoms with Crippen molar-refractivity contribution in [2.75, 3.05) is 13.1 Å². The van der Waals surface area contributed by atoms with Gasteiger partial charge in [0.1, 0.15) is 0 Å². The highest BCUT2D eigenvalue weighted by atomic mass is 16.2. The zero-order valence-corrected chi connectivity index (χ0v) is 13.9. The van der Waals surface area contributed by atoms with Crippen LogP contribution in [0.3, 0.4) is 0 Å². The molecule has 5 nitrogen and oxygen atoms in total. The van der Waals surface area contributed by atoms with Crippen LogP contribution in [-0.4, -0.2) is 34.5 Å². The Morgan fingerprint density at radius 1 is 1.25 bits per heavy atom. The standard InChI is InChI=1S/C19H23N3O2/c1-2-22-11-8-16(12-18(22)23)19(24)20-17-9-10-21(14-17)13-15-6-4-3-5-7-15/h3-8,11-12,17H,2,9-10,13-14H2,1H3,(H,20,24)/t17-/m0/s1. The molecule has 126 valence electrons. The molecule has 3 rings (SSSR count). The molecule has 1 aromatic heterocycles. The number of likely N-dealkylation sites (tertiary alicyclic amines) is 1. The number of pyridine rings is 1. The second-order valence-electron chi connectivity index (χ2n) is 6.22. The Hall–Kier alpha value is -2.40. The molecule has 0 spiro atoms. The van der Waals surface area contributed by atoms with Gasteiger partial charge in [-0.2, -0.15) is 0 Å². The molecule has 1 amide bonds. The van der Waals surface area contributed by atoms with Gasteiger partial charge in [-0.15, -0.1) is 0 Å². The zero-order chi connectivity index (χ0) is 16.9. The van der Waals surface area contributed by atoms with Crippen molar-refractivity contribution in [3.8, 4) is 0 Å². The van der Waals surface area contributed by atoms with Crippen LogP contribution >= 0.6 is 0 Å². The Labute approximate surface area is 141 Å². The van der Waals surface area contributed by atoms with Crippen LogP contribution in [0.4, 0.5) is 0 Å². The highest BCUT2D eigenvalue weighted by Gasteiger charge is 2.24. The van der Waals surface area contributed by atoms with Gasteiger partial charge in [0, 0.05) is 50.0 Å². The highest BCUT2D eigenvalue weighted by molar-refractivity contribution is 5.94. The van der Waals surface area contributed by atoms with Crippen molar-refractivity contribution in [2.45, 2.75) is 32.5 Å². The van der Waals surface area contributed by atoms with Crippen LogP contribution in [-0.2, 0) is 13.1 Å². The number of aryl methyl sites for hydroxylation is 1. The minimum Gasteiger partial charge on any atom is -0.348 e. The van der Waals surface area contributed by atoms with Gasteiger partial charge < -0.3 is 9.88 Å². The molecular formula is C19H23N3O2. The fourth-order valence-corrected chi connectivity index (χ4v) is 3.11. The third-order valence-electron chi connectivity index (χ3n) is 4.46. The first kappa shape index (κ1) is 16.5. The number of benzene rings is 1. The lowest BCUT2D eigenvalue weighted by Crippen LogP contribution is -2.37. The Balaban J connectivity index is 1.56. The summed E-state index contributed by atoms with van der Waals surface area (Å²) >= 11 is 0. The molecule has 1 N–H and O–H groups in total. The number of nitrogens with zero attached hydrogens (tertiary/aromatic N) is 2. The summed E-state index contributed by atoms with van der Waals surface area (Å²) in [5.74, 6) is -0.165. The summed E-state index contributed by atoms with van der Waals surface area (Å²) < 4.78 is 1.58. The monoisotopic (exact) mass is 325 g/mol. The predicted molar refractivity (Wildman–Crippen MR) is 94.0 cm³/mol. The molecule has 1 fully saturated rings. The van der Waals surface area contributed by atoms with Crippen LogP contribution in [0.1, 0.15) is 29.3 Å². The van der Waals surface area contributed by atoms with E-state index >= 15 is 0 Å². The van der Waals surface area contributed by atoms with Crippen molar-refractivity contribution in [1.29, 1.82) is 0 Å². The summed E-state index contributed by atoms with van der Waals surface area (Å²) in [6.07, 6.45) is 2.61. The summed E-state index contributed by atoms with van der Waals surface area (Å²) in [7, 11) is 0. The van der Waals surface area contributed by atoms with Crippen molar-refractivity contribution in [1.82, 2.24) is 14.8 Å². The van der Waals surface area contributed by atoms with Crippen LogP contribution < -0.4 is 10.9 Å². The maximum absolute atomic E-state index is 12.3. The van der Waals surface area contributed by atoms with E-state index in [9.17, 15) is 9.59 Å². The van der Waals surface area contributed by atoms with E-state index in [2.05, 4.69) is 22.3 Å². The van der Waals surface area contributed by atoms with Gasteiger partial charge in [0.2, 0.25) is 0 Å². The first-order valence-corrected chi connectivity index (χ1v) is 8.43. The van der Waals surface area contributed by atoms with Gasteiger partial charge in [-0.3, -0.25) is 14.5 Å². The smallest absolute Gasteiger partial charge is 0.251 e. The number of nitrogens with one attached hydrogen (secondary N) is 1. The van der Waals surface area contributed by atoms with Gasteiger partial charge in [-0.05, 0) is 25.0 Å². The van der Waals surface area contributed by atoms with E-state index in [0.29, 0.717) is 12.1 Å². The summed E-state index contributed by atoms with van der Waals surface area (Å²) in [4.78, 5) is 26.5. The quantitative estimate of drug-likeness (QED) is 0.913. The molecule has 0 radical (unpaired) electrons. The van der Waals surface area contributed by atoms with Crippen molar-refractivity contribution in [3.63, 3.8) is 0 Å². The molecule has 1 aliphatic heterocycles. The molecular weight excluding hydrogens is 302 g/mol. The molecule has 0 bridgehead atoms. The predicted octanol–water partition coefficient (Wildman–Crippen LogP) is 1.87. The maximum Gasteiger partial charge on any atom is 0.251 e. The Morgan fingerprint density at radius 2 is 2.04 bits per heavy atom. The second kappa shape index (κ2) is 7.45. The molecule has 1 aliphatic rings. The van der Waals surface area contributed by atoms with E-state index in [4.69, 9.17) is 0 Å². The van der Waals surface area contributed by atoms with Crippen molar-refractivity contribution in [3.05, 3.63) is 70.1 Å². The third-order valence-corrected chi connectivity index (χ3v) is 4.46. The van der Waals surface area contributed by atoms with E-state index in [1.807, 2.05) is 25.1 Å². The summed E-state index contributed by atoms with van der Waals surface area (Å²) in [5.41, 5.74) is 1.58. The molecule has 1 atom stereocenters. The zero-order valence-electron chi connectivity index (χ0n) is 13.9. The Morgan fingerprint density at radius 3 is 2.75 bits per heavy atom. The number of amides is 1. The van der Waals surface area contributed by atoms with Gasteiger partial charge in [0.25, 0.3) is 11.5 Å². The maximum atomic E-state index is 12.3. The molecule has 2 heterocycles. The van der Waals surface area contributed by atoms with E-state index in [0.717, 1.165) is 26.1 Å². The topological polar surface area (TPSA) is 54.3 Å². The van der Waals surface area contributed by atoms with Crippen LogP contribution in [0.25, 0.3) is 0 Å². The number of rotatable bonds is 5. The largest absolute Gasteiger partial charge is 0.348 e. The van der Waals surface area contributed by atoms with E-state index in [1.165, 1.54) is 11.6 Å². The third kappa shape index (κ3) is 3.92. The molecule has 1 aromatic carbocycles. The van der Waals surface area contributed by atoms with Crippen LogP contribution in [0, 0.1) is 0 Å². The van der Waals surface area contributed by atoms with E-state index < -0.39 is 0 Å². The minimum atomic E-state index is -0.165. The second-order valence-corrected chi connectivity index (χ2v) is 6.22. The molecule has 0 unspecified atom stereocenters. The van der Waals surface area contributed by atoms with Crippen molar-refractivity contribution >= 4 is 5.91 Å². The van der Waals surface area contributed by atoms with Crippen LogP contribution in [0.15, 0.2) is 53.5 Å². The normalized spacial score (nSPS) is 17.8. The lowest BCUT2D eigenvalue weighted by atomic mass is 10.2. The fourth-order valence-electron chi connectivity index (χ4n) is 3.11.